The zero-order chi connectivity index (χ0) is 16.1. The lowest BCUT2D eigenvalue weighted by Gasteiger charge is -2.38. The topological polar surface area (TPSA) is 64.4 Å². The molecule has 2 aliphatic heterocycles. The highest BCUT2D eigenvalue weighted by molar-refractivity contribution is 5.76. The molecule has 1 atom stereocenters. The second-order valence-corrected chi connectivity index (χ2v) is 6.55. The van der Waals surface area contributed by atoms with Crippen LogP contribution < -0.4 is 5.56 Å². The molecule has 0 aromatic carbocycles. The molecule has 0 aliphatic carbocycles. The molecule has 6 heteroatoms. The summed E-state index contributed by atoms with van der Waals surface area (Å²) in [6.45, 7) is 3.84. The van der Waals surface area contributed by atoms with Gasteiger partial charge in [0.1, 0.15) is 0 Å². The van der Waals surface area contributed by atoms with Gasteiger partial charge in [-0.2, -0.15) is 0 Å². The summed E-state index contributed by atoms with van der Waals surface area (Å²) in [5.74, 6) is 1.45. The van der Waals surface area contributed by atoms with Crippen LogP contribution in [0.5, 0.6) is 0 Å². The third kappa shape index (κ3) is 4.19. The summed E-state index contributed by atoms with van der Waals surface area (Å²) in [5.41, 5.74) is -0.105. The van der Waals surface area contributed by atoms with Gasteiger partial charge in [0, 0.05) is 51.5 Å². The molecule has 2 saturated heterocycles. The average Bonchev–Trinajstić information content (AvgIpc) is 2.62. The number of nitrogens with zero attached hydrogens (tertiary/aromatic N) is 3. The van der Waals surface area contributed by atoms with Gasteiger partial charge in [0.15, 0.2) is 0 Å². The summed E-state index contributed by atoms with van der Waals surface area (Å²) in [7, 11) is 0. The van der Waals surface area contributed by atoms with Crippen molar-refractivity contribution < 1.29 is 9.53 Å². The molecular weight excluding hydrogens is 294 g/mol. The Hall–Kier alpha value is -1.69. The SMILES string of the molecule is O=C(CCn1cnccc1=O)N1CCCC(C2CCOCC2)C1. The summed E-state index contributed by atoms with van der Waals surface area (Å²) >= 11 is 0. The van der Waals surface area contributed by atoms with E-state index in [9.17, 15) is 9.59 Å². The average molecular weight is 319 g/mol. The molecule has 2 aliphatic rings. The van der Waals surface area contributed by atoms with E-state index in [0.29, 0.717) is 24.8 Å². The molecule has 1 aromatic heterocycles. The van der Waals surface area contributed by atoms with E-state index in [0.717, 1.165) is 45.6 Å². The van der Waals surface area contributed by atoms with E-state index in [1.807, 2.05) is 4.90 Å². The van der Waals surface area contributed by atoms with Crippen LogP contribution in [-0.2, 0) is 16.1 Å². The summed E-state index contributed by atoms with van der Waals surface area (Å²) in [5, 5.41) is 0. The van der Waals surface area contributed by atoms with Crippen molar-refractivity contribution in [2.24, 2.45) is 11.8 Å². The van der Waals surface area contributed by atoms with Crippen LogP contribution in [0, 0.1) is 11.8 Å². The first-order valence-corrected chi connectivity index (χ1v) is 8.60. The van der Waals surface area contributed by atoms with Crippen molar-refractivity contribution in [2.45, 2.75) is 38.6 Å². The minimum atomic E-state index is -0.105. The normalized spacial score (nSPS) is 23.0. The maximum absolute atomic E-state index is 12.5. The summed E-state index contributed by atoms with van der Waals surface area (Å²) < 4.78 is 6.94. The number of likely N-dealkylation sites (tertiary alicyclic amines) is 1. The number of hydrogen-bond donors (Lipinski definition) is 0. The van der Waals surface area contributed by atoms with Crippen LogP contribution in [0.4, 0.5) is 0 Å². The van der Waals surface area contributed by atoms with Gasteiger partial charge in [0.25, 0.3) is 5.56 Å². The van der Waals surface area contributed by atoms with Crippen LogP contribution in [0.1, 0.15) is 32.1 Å². The van der Waals surface area contributed by atoms with Gasteiger partial charge < -0.3 is 9.64 Å². The zero-order valence-corrected chi connectivity index (χ0v) is 13.5. The summed E-state index contributed by atoms with van der Waals surface area (Å²) in [6, 6.07) is 1.42. The van der Waals surface area contributed by atoms with Crippen LogP contribution in [0.25, 0.3) is 0 Å². The van der Waals surface area contributed by atoms with E-state index in [1.165, 1.54) is 29.6 Å². The van der Waals surface area contributed by atoms with Crippen LogP contribution in [-0.4, -0.2) is 46.7 Å². The number of carbonyl (C=O) groups excluding carboxylic acids is 1. The van der Waals surface area contributed by atoms with E-state index in [2.05, 4.69) is 4.98 Å². The molecule has 0 N–H and O–H groups in total. The zero-order valence-electron chi connectivity index (χ0n) is 13.5. The minimum Gasteiger partial charge on any atom is -0.381 e. The second kappa shape index (κ2) is 7.73. The van der Waals surface area contributed by atoms with E-state index >= 15 is 0 Å². The molecule has 0 spiro atoms. The Morgan fingerprint density at radius 3 is 2.87 bits per heavy atom. The Kier molecular flexibility index (Phi) is 5.43. The molecule has 1 unspecified atom stereocenters. The monoisotopic (exact) mass is 319 g/mol. The number of ether oxygens (including phenoxy) is 1. The van der Waals surface area contributed by atoms with Crippen molar-refractivity contribution in [2.75, 3.05) is 26.3 Å². The predicted molar refractivity (Wildman–Crippen MR) is 86.0 cm³/mol. The molecule has 126 valence electrons. The number of amides is 1. The van der Waals surface area contributed by atoms with Gasteiger partial charge in [0.2, 0.25) is 5.91 Å². The van der Waals surface area contributed by atoms with E-state index in [-0.39, 0.29) is 11.5 Å². The molecule has 3 rings (SSSR count). The first kappa shape index (κ1) is 16.2. The number of rotatable bonds is 4. The molecule has 0 radical (unpaired) electrons. The molecule has 3 heterocycles. The lowest BCUT2D eigenvalue weighted by Crippen LogP contribution is -2.43. The van der Waals surface area contributed by atoms with E-state index in [1.54, 1.807) is 0 Å². The number of hydrogen-bond acceptors (Lipinski definition) is 4. The highest BCUT2D eigenvalue weighted by Crippen LogP contribution is 2.31. The Morgan fingerprint density at radius 1 is 1.26 bits per heavy atom. The molecule has 1 aromatic rings. The van der Waals surface area contributed by atoms with Crippen molar-refractivity contribution in [3.8, 4) is 0 Å². The van der Waals surface area contributed by atoms with Crippen LogP contribution in [0.15, 0.2) is 23.4 Å². The van der Waals surface area contributed by atoms with Gasteiger partial charge in [0.05, 0.1) is 6.33 Å². The van der Waals surface area contributed by atoms with Crippen LogP contribution >= 0.6 is 0 Å². The first-order valence-electron chi connectivity index (χ1n) is 8.60. The molecule has 0 bridgehead atoms. The fourth-order valence-corrected chi connectivity index (χ4v) is 3.73. The van der Waals surface area contributed by atoms with Gasteiger partial charge in [-0.3, -0.25) is 14.2 Å². The van der Waals surface area contributed by atoms with Crippen LogP contribution in [0.2, 0.25) is 0 Å². The predicted octanol–water partition coefficient (Wildman–Crippen LogP) is 1.30. The van der Waals surface area contributed by atoms with Crippen molar-refractivity contribution in [1.82, 2.24) is 14.5 Å². The van der Waals surface area contributed by atoms with Crippen molar-refractivity contribution in [3.05, 3.63) is 28.9 Å². The quantitative estimate of drug-likeness (QED) is 0.839. The molecular formula is C17H25N3O3. The molecule has 0 saturated carbocycles. The largest absolute Gasteiger partial charge is 0.381 e. The lowest BCUT2D eigenvalue weighted by molar-refractivity contribution is -0.134. The first-order chi connectivity index (χ1) is 11.2. The maximum atomic E-state index is 12.5. The van der Waals surface area contributed by atoms with Crippen molar-refractivity contribution in [1.29, 1.82) is 0 Å². The fraction of sp³-hybridized carbons (Fsp3) is 0.706. The summed E-state index contributed by atoms with van der Waals surface area (Å²) in [4.78, 5) is 30.1. The van der Waals surface area contributed by atoms with Gasteiger partial charge in [-0.1, -0.05) is 0 Å². The number of piperidine rings is 1. The minimum absolute atomic E-state index is 0.105. The summed E-state index contributed by atoms with van der Waals surface area (Å²) in [6.07, 6.45) is 7.89. The highest BCUT2D eigenvalue weighted by atomic mass is 16.5. The second-order valence-electron chi connectivity index (χ2n) is 6.55. The third-order valence-corrected chi connectivity index (χ3v) is 5.10. The van der Waals surface area contributed by atoms with Gasteiger partial charge in [-0.25, -0.2) is 4.98 Å². The van der Waals surface area contributed by atoms with Gasteiger partial charge in [-0.05, 0) is 37.5 Å². The Morgan fingerprint density at radius 2 is 2.09 bits per heavy atom. The Labute approximate surface area is 136 Å². The number of aryl methyl sites for hydroxylation is 1. The number of carbonyl (C=O) groups is 1. The molecule has 6 nitrogen and oxygen atoms in total. The standard InChI is InChI=1S/C17H25N3O3/c21-16-3-7-18-13-20(16)9-4-17(22)19-8-1-2-15(12-19)14-5-10-23-11-6-14/h3,7,13-15H,1-2,4-6,8-12H2. The van der Waals surface area contributed by atoms with Crippen LogP contribution in [0.3, 0.4) is 0 Å². The lowest BCUT2D eigenvalue weighted by atomic mass is 9.81. The Bertz CT molecular complexity index is 580. The number of aromatic nitrogens is 2. The van der Waals surface area contributed by atoms with E-state index < -0.39 is 0 Å². The molecule has 1 amide bonds. The highest BCUT2D eigenvalue weighted by Gasteiger charge is 2.30. The third-order valence-electron chi connectivity index (χ3n) is 5.10. The smallest absolute Gasteiger partial charge is 0.253 e. The maximum Gasteiger partial charge on any atom is 0.253 e. The molecule has 2 fully saturated rings. The van der Waals surface area contributed by atoms with Gasteiger partial charge >= 0.3 is 0 Å². The molecule has 23 heavy (non-hydrogen) atoms. The fourth-order valence-electron chi connectivity index (χ4n) is 3.73. The van der Waals surface area contributed by atoms with Gasteiger partial charge in [-0.15, -0.1) is 0 Å². The van der Waals surface area contributed by atoms with Crippen molar-refractivity contribution in [3.63, 3.8) is 0 Å². The Balaban J connectivity index is 1.52. The van der Waals surface area contributed by atoms with E-state index in [4.69, 9.17) is 4.74 Å². The van der Waals surface area contributed by atoms with Crippen molar-refractivity contribution >= 4 is 5.91 Å².